The summed E-state index contributed by atoms with van der Waals surface area (Å²) >= 11 is 0. The topological polar surface area (TPSA) is 81.0 Å². The molecule has 0 unspecified atom stereocenters. The van der Waals surface area contributed by atoms with E-state index in [-0.39, 0.29) is 17.0 Å². The van der Waals surface area contributed by atoms with Crippen molar-refractivity contribution in [3.05, 3.63) is 72.1 Å². The first kappa shape index (κ1) is 19.4. The van der Waals surface area contributed by atoms with Crippen LogP contribution in [0.5, 0.6) is 0 Å². The van der Waals surface area contributed by atoms with Crippen LogP contribution in [0.3, 0.4) is 0 Å². The van der Waals surface area contributed by atoms with Crippen molar-refractivity contribution in [2.24, 2.45) is 0 Å². The fraction of sp³-hybridized carbons (Fsp3) is 0.0952. The van der Waals surface area contributed by atoms with Crippen LogP contribution in [0, 0.1) is 0 Å². The molecular formula is C21H14F3N3O3. The van der Waals surface area contributed by atoms with Gasteiger partial charge < -0.3 is 14.2 Å². The number of alkyl halides is 3. The van der Waals surface area contributed by atoms with E-state index in [1.807, 2.05) is 0 Å². The number of H-pyrrole nitrogens is 1. The van der Waals surface area contributed by atoms with Gasteiger partial charge in [-0.05, 0) is 12.1 Å². The number of nitrogens with one attached hydrogen (secondary N) is 1. The van der Waals surface area contributed by atoms with E-state index in [2.05, 4.69) is 24.4 Å². The zero-order valence-electron chi connectivity index (χ0n) is 15.5. The molecule has 1 N–H and O–H groups in total. The van der Waals surface area contributed by atoms with Crippen molar-refractivity contribution in [3.8, 4) is 33.9 Å². The first-order valence-electron chi connectivity index (χ1n) is 8.75. The Morgan fingerprint density at radius 3 is 2.37 bits per heavy atom. The van der Waals surface area contributed by atoms with Gasteiger partial charge in [0, 0.05) is 11.1 Å². The van der Waals surface area contributed by atoms with Crippen molar-refractivity contribution >= 4 is 5.97 Å². The molecule has 0 saturated carbocycles. The molecule has 9 heteroatoms. The monoisotopic (exact) mass is 413 g/mol. The van der Waals surface area contributed by atoms with Gasteiger partial charge in [-0.3, -0.25) is 0 Å². The average molecular weight is 413 g/mol. The SMILES string of the molecule is COC(=O)c1ccc(-c2ncc(-c3c(-c4ccccc4)noc3C(F)(F)F)[nH]2)cc1. The van der Waals surface area contributed by atoms with Crippen LogP contribution in [0.2, 0.25) is 0 Å². The first-order chi connectivity index (χ1) is 14.4. The van der Waals surface area contributed by atoms with Gasteiger partial charge in [0.05, 0.1) is 30.1 Å². The van der Waals surface area contributed by atoms with Crippen LogP contribution < -0.4 is 0 Å². The summed E-state index contributed by atoms with van der Waals surface area (Å²) in [6.45, 7) is 0. The van der Waals surface area contributed by atoms with Crippen molar-refractivity contribution in [1.29, 1.82) is 0 Å². The molecule has 4 aromatic rings. The molecule has 0 amide bonds. The Kier molecular flexibility index (Phi) is 4.86. The molecule has 30 heavy (non-hydrogen) atoms. The molecule has 0 radical (unpaired) electrons. The van der Waals surface area contributed by atoms with E-state index in [4.69, 9.17) is 0 Å². The van der Waals surface area contributed by atoms with Crippen LogP contribution in [0.25, 0.3) is 33.9 Å². The van der Waals surface area contributed by atoms with Gasteiger partial charge in [-0.1, -0.05) is 47.6 Å². The number of nitrogens with zero attached hydrogens (tertiary/aromatic N) is 2. The number of ether oxygens (including phenoxy) is 1. The summed E-state index contributed by atoms with van der Waals surface area (Å²) in [7, 11) is 1.27. The highest BCUT2D eigenvalue weighted by Crippen LogP contribution is 2.42. The lowest BCUT2D eigenvalue weighted by Gasteiger charge is -2.05. The lowest BCUT2D eigenvalue weighted by molar-refractivity contribution is -0.154. The number of methoxy groups -OCH3 is 1. The van der Waals surface area contributed by atoms with Gasteiger partial charge in [0.25, 0.3) is 0 Å². The third kappa shape index (κ3) is 3.57. The Labute approximate surface area is 168 Å². The highest BCUT2D eigenvalue weighted by Gasteiger charge is 2.41. The Balaban J connectivity index is 1.78. The van der Waals surface area contributed by atoms with Gasteiger partial charge in [0.1, 0.15) is 11.5 Å². The van der Waals surface area contributed by atoms with Crippen LogP contribution in [-0.4, -0.2) is 28.2 Å². The molecule has 2 aromatic heterocycles. The van der Waals surface area contributed by atoms with E-state index >= 15 is 0 Å². The first-order valence-corrected chi connectivity index (χ1v) is 8.75. The Morgan fingerprint density at radius 1 is 1.03 bits per heavy atom. The maximum Gasteiger partial charge on any atom is 0.453 e. The fourth-order valence-electron chi connectivity index (χ4n) is 3.00. The summed E-state index contributed by atoms with van der Waals surface area (Å²) in [6.07, 6.45) is -3.44. The number of rotatable bonds is 4. The van der Waals surface area contributed by atoms with Gasteiger partial charge in [0.15, 0.2) is 0 Å². The van der Waals surface area contributed by atoms with Gasteiger partial charge in [-0.25, -0.2) is 9.78 Å². The molecule has 6 nitrogen and oxygen atoms in total. The molecule has 0 atom stereocenters. The number of benzene rings is 2. The predicted molar refractivity (Wildman–Crippen MR) is 101 cm³/mol. The smallest absolute Gasteiger partial charge is 0.453 e. The summed E-state index contributed by atoms with van der Waals surface area (Å²) in [5.41, 5.74) is 1.34. The number of imidazole rings is 1. The second-order valence-electron chi connectivity index (χ2n) is 6.31. The summed E-state index contributed by atoms with van der Waals surface area (Å²) in [5, 5.41) is 3.66. The lowest BCUT2D eigenvalue weighted by atomic mass is 10.0. The average Bonchev–Trinajstić information content (AvgIpc) is 3.41. The molecule has 0 aliphatic heterocycles. The van der Waals surface area contributed by atoms with Gasteiger partial charge in [-0.2, -0.15) is 13.2 Å². The van der Waals surface area contributed by atoms with E-state index in [1.165, 1.54) is 13.3 Å². The van der Waals surface area contributed by atoms with Crippen molar-refractivity contribution in [2.45, 2.75) is 6.18 Å². The van der Waals surface area contributed by atoms with Crippen molar-refractivity contribution in [3.63, 3.8) is 0 Å². The third-order valence-corrected chi connectivity index (χ3v) is 4.42. The minimum atomic E-state index is -4.73. The molecule has 4 rings (SSSR count). The van der Waals surface area contributed by atoms with Crippen LogP contribution >= 0.6 is 0 Å². The minimum Gasteiger partial charge on any atom is -0.465 e. The maximum atomic E-state index is 13.5. The number of esters is 1. The second-order valence-corrected chi connectivity index (χ2v) is 6.31. The van der Waals surface area contributed by atoms with Crippen LogP contribution in [0.4, 0.5) is 13.2 Å². The quantitative estimate of drug-likeness (QED) is 0.465. The largest absolute Gasteiger partial charge is 0.465 e. The number of carbonyl (C=O) groups is 1. The zero-order chi connectivity index (χ0) is 21.3. The number of hydrogen-bond acceptors (Lipinski definition) is 5. The van der Waals surface area contributed by atoms with E-state index in [9.17, 15) is 18.0 Å². The molecule has 152 valence electrons. The molecule has 0 bridgehead atoms. The molecule has 2 heterocycles. The number of halogens is 3. The van der Waals surface area contributed by atoms with E-state index in [0.29, 0.717) is 22.5 Å². The van der Waals surface area contributed by atoms with E-state index in [1.54, 1.807) is 54.6 Å². The number of hydrogen-bond donors (Lipinski definition) is 1. The second kappa shape index (κ2) is 7.51. The Bertz CT molecular complexity index is 1180. The maximum absolute atomic E-state index is 13.5. The predicted octanol–water partition coefficient (Wildman–Crippen LogP) is 5.20. The van der Waals surface area contributed by atoms with Crippen molar-refractivity contribution in [1.82, 2.24) is 15.1 Å². The van der Waals surface area contributed by atoms with Crippen LogP contribution in [-0.2, 0) is 10.9 Å². The normalized spacial score (nSPS) is 11.5. The third-order valence-electron chi connectivity index (χ3n) is 4.42. The van der Waals surface area contributed by atoms with Gasteiger partial charge >= 0.3 is 12.1 Å². The lowest BCUT2D eigenvalue weighted by Crippen LogP contribution is -2.05. The van der Waals surface area contributed by atoms with E-state index in [0.717, 1.165) is 0 Å². The van der Waals surface area contributed by atoms with Crippen molar-refractivity contribution < 1.29 is 27.2 Å². The summed E-state index contributed by atoms with van der Waals surface area (Å²) in [6, 6.07) is 14.7. The summed E-state index contributed by atoms with van der Waals surface area (Å²) < 4.78 is 49.9. The molecule has 0 aliphatic carbocycles. The fourth-order valence-corrected chi connectivity index (χ4v) is 3.00. The molecule has 0 fully saturated rings. The highest BCUT2D eigenvalue weighted by atomic mass is 19.4. The van der Waals surface area contributed by atoms with Crippen LogP contribution in [0.15, 0.2) is 65.3 Å². The van der Waals surface area contributed by atoms with Crippen molar-refractivity contribution in [2.75, 3.05) is 7.11 Å². The number of aromatic nitrogens is 3. The minimum absolute atomic E-state index is 0.0548. The standard InChI is InChI=1S/C21H14F3N3O3/c1-29-20(28)14-9-7-13(8-10-14)19-25-11-15(26-19)16-17(12-5-3-2-4-6-12)27-30-18(16)21(22,23)24/h2-11H,1H3,(H,25,26). The van der Waals surface area contributed by atoms with Gasteiger partial charge in [-0.15, -0.1) is 0 Å². The zero-order valence-corrected chi connectivity index (χ0v) is 15.5. The van der Waals surface area contributed by atoms with E-state index < -0.39 is 17.9 Å². The Hall–Kier alpha value is -3.88. The molecular weight excluding hydrogens is 399 g/mol. The molecule has 2 aromatic carbocycles. The summed E-state index contributed by atoms with van der Waals surface area (Å²) in [4.78, 5) is 18.6. The van der Waals surface area contributed by atoms with Crippen LogP contribution in [0.1, 0.15) is 16.1 Å². The van der Waals surface area contributed by atoms with Gasteiger partial charge in [0.2, 0.25) is 5.76 Å². The molecule has 0 saturated heterocycles. The number of carbonyl (C=O) groups excluding carboxylic acids is 1. The molecule has 0 spiro atoms. The number of aromatic amines is 1. The summed E-state index contributed by atoms with van der Waals surface area (Å²) in [5.74, 6) is -1.37. The molecule has 0 aliphatic rings. The highest BCUT2D eigenvalue weighted by molar-refractivity contribution is 5.90. The Morgan fingerprint density at radius 2 is 1.73 bits per heavy atom.